The van der Waals surface area contributed by atoms with Gasteiger partial charge in [0.15, 0.2) is 0 Å². The molecule has 3 aromatic heterocycles. The zero-order valence-corrected chi connectivity index (χ0v) is 18.0. The largest absolute Gasteiger partial charge is 0.289 e. The third kappa shape index (κ3) is 4.20. The van der Waals surface area contributed by atoms with E-state index in [1.807, 2.05) is 44.4 Å². The molecule has 9 heteroatoms. The lowest BCUT2D eigenvalue weighted by molar-refractivity contribution is 0.102. The summed E-state index contributed by atoms with van der Waals surface area (Å²) >= 11 is 0. The van der Waals surface area contributed by atoms with Crippen molar-refractivity contribution in [1.29, 1.82) is 0 Å². The number of rotatable bonds is 5. The van der Waals surface area contributed by atoms with Crippen LogP contribution in [0.3, 0.4) is 0 Å². The molecule has 5 rings (SSSR count). The van der Waals surface area contributed by atoms with Gasteiger partial charge in [-0.15, -0.1) is 5.10 Å². The Bertz CT molecular complexity index is 1490. The number of hydrogen-bond acceptors (Lipinski definition) is 5. The standard InChI is InChI=1S/C24H20FN7O/c1-15-20(13-31(2)29-15)22-11-19(18-8-3-4-9-21(18)27-22)23(33)28-24-26-14-32(30-24)12-16-6-5-7-17(25)10-16/h3-11,13-14H,12H2,1-2H3,(H,28,30,33). The number of benzene rings is 2. The number of hydrogen-bond donors (Lipinski definition) is 1. The maximum Gasteiger partial charge on any atom is 0.258 e. The summed E-state index contributed by atoms with van der Waals surface area (Å²) in [5.41, 5.74) is 4.25. The van der Waals surface area contributed by atoms with Crippen molar-refractivity contribution in [2.75, 3.05) is 5.32 Å². The molecule has 0 fully saturated rings. The first-order chi connectivity index (χ1) is 16.0. The quantitative estimate of drug-likeness (QED) is 0.446. The van der Waals surface area contributed by atoms with E-state index >= 15 is 0 Å². The first-order valence-corrected chi connectivity index (χ1v) is 10.3. The molecule has 1 amide bonds. The molecule has 0 aliphatic rings. The van der Waals surface area contributed by atoms with E-state index in [0.717, 1.165) is 22.2 Å². The highest BCUT2D eigenvalue weighted by molar-refractivity contribution is 6.12. The fourth-order valence-corrected chi connectivity index (χ4v) is 3.77. The molecule has 0 saturated carbocycles. The first kappa shape index (κ1) is 20.5. The minimum Gasteiger partial charge on any atom is -0.289 e. The van der Waals surface area contributed by atoms with Gasteiger partial charge in [0.05, 0.1) is 29.0 Å². The maximum atomic E-state index is 13.4. The number of anilines is 1. The van der Waals surface area contributed by atoms with Crippen LogP contribution in [0.2, 0.25) is 0 Å². The first-order valence-electron chi connectivity index (χ1n) is 10.3. The molecule has 0 spiro atoms. The molecule has 0 saturated heterocycles. The van der Waals surface area contributed by atoms with Crippen molar-refractivity contribution in [2.24, 2.45) is 7.05 Å². The number of amides is 1. The van der Waals surface area contributed by atoms with Crippen molar-refractivity contribution in [3.8, 4) is 11.3 Å². The number of nitrogens with zero attached hydrogens (tertiary/aromatic N) is 6. The van der Waals surface area contributed by atoms with Crippen LogP contribution in [0.15, 0.2) is 67.1 Å². The zero-order valence-electron chi connectivity index (χ0n) is 18.0. The van der Waals surface area contributed by atoms with E-state index in [4.69, 9.17) is 4.98 Å². The van der Waals surface area contributed by atoms with Gasteiger partial charge in [-0.2, -0.15) is 5.10 Å². The van der Waals surface area contributed by atoms with E-state index in [9.17, 15) is 9.18 Å². The Kier molecular flexibility index (Phi) is 5.14. The molecule has 8 nitrogen and oxygen atoms in total. The Morgan fingerprint density at radius 3 is 2.73 bits per heavy atom. The Labute approximate surface area is 188 Å². The smallest absolute Gasteiger partial charge is 0.258 e. The van der Waals surface area contributed by atoms with Crippen molar-refractivity contribution < 1.29 is 9.18 Å². The lowest BCUT2D eigenvalue weighted by atomic mass is 10.0. The van der Waals surface area contributed by atoms with Gasteiger partial charge in [0, 0.05) is 24.2 Å². The van der Waals surface area contributed by atoms with Gasteiger partial charge < -0.3 is 0 Å². The fourth-order valence-electron chi connectivity index (χ4n) is 3.77. The summed E-state index contributed by atoms with van der Waals surface area (Å²) in [5, 5.41) is 12.2. The van der Waals surface area contributed by atoms with Gasteiger partial charge in [-0.25, -0.2) is 19.0 Å². The summed E-state index contributed by atoms with van der Waals surface area (Å²) in [5.74, 6) is -0.498. The molecule has 5 aromatic rings. The fraction of sp³-hybridized carbons (Fsp3) is 0.125. The number of aryl methyl sites for hydroxylation is 2. The molecule has 3 heterocycles. The predicted molar refractivity (Wildman–Crippen MR) is 122 cm³/mol. The molecule has 0 bridgehead atoms. The molecule has 0 unspecified atom stereocenters. The topological polar surface area (TPSA) is 90.5 Å². The summed E-state index contributed by atoms with van der Waals surface area (Å²) in [6, 6.07) is 15.5. The van der Waals surface area contributed by atoms with Gasteiger partial charge in [-0.3, -0.25) is 14.8 Å². The summed E-state index contributed by atoms with van der Waals surface area (Å²) in [6.45, 7) is 2.24. The normalized spacial score (nSPS) is 11.1. The zero-order chi connectivity index (χ0) is 22.9. The highest BCUT2D eigenvalue weighted by Crippen LogP contribution is 2.27. The van der Waals surface area contributed by atoms with Crippen LogP contribution in [-0.2, 0) is 13.6 Å². The number of nitrogens with one attached hydrogen (secondary N) is 1. The van der Waals surface area contributed by atoms with E-state index in [1.165, 1.54) is 18.5 Å². The Balaban J connectivity index is 1.45. The number of aromatic nitrogens is 6. The number of para-hydroxylation sites is 1. The average molecular weight is 441 g/mol. The Morgan fingerprint density at radius 1 is 1.09 bits per heavy atom. The van der Waals surface area contributed by atoms with Crippen LogP contribution in [0.4, 0.5) is 10.3 Å². The molecule has 164 valence electrons. The van der Waals surface area contributed by atoms with Crippen molar-refractivity contribution in [3.63, 3.8) is 0 Å². The van der Waals surface area contributed by atoms with E-state index in [1.54, 1.807) is 27.6 Å². The van der Waals surface area contributed by atoms with Gasteiger partial charge in [0.2, 0.25) is 5.95 Å². The Morgan fingerprint density at radius 2 is 1.94 bits per heavy atom. The van der Waals surface area contributed by atoms with E-state index < -0.39 is 0 Å². The number of carbonyl (C=O) groups is 1. The third-order valence-corrected chi connectivity index (χ3v) is 5.25. The SMILES string of the molecule is Cc1nn(C)cc1-c1cc(C(=O)Nc2ncn(Cc3cccc(F)c3)n2)c2ccccc2n1. The van der Waals surface area contributed by atoms with Crippen LogP contribution in [0.5, 0.6) is 0 Å². The monoisotopic (exact) mass is 441 g/mol. The van der Waals surface area contributed by atoms with Crippen LogP contribution in [0.1, 0.15) is 21.6 Å². The van der Waals surface area contributed by atoms with Gasteiger partial charge >= 0.3 is 0 Å². The minimum absolute atomic E-state index is 0.163. The molecule has 1 N–H and O–H groups in total. The van der Waals surface area contributed by atoms with Gasteiger partial charge in [-0.05, 0) is 36.8 Å². The average Bonchev–Trinajstić information content (AvgIpc) is 3.37. The Hall–Kier alpha value is -4.40. The summed E-state index contributed by atoms with van der Waals surface area (Å²) in [6.07, 6.45) is 3.37. The molecule has 0 aliphatic carbocycles. The van der Waals surface area contributed by atoms with E-state index in [-0.39, 0.29) is 17.7 Å². The lowest BCUT2D eigenvalue weighted by Gasteiger charge is -2.09. The molecule has 0 atom stereocenters. The van der Waals surface area contributed by atoms with Crippen LogP contribution < -0.4 is 5.32 Å². The summed E-state index contributed by atoms with van der Waals surface area (Å²) in [7, 11) is 1.84. The second kappa shape index (κ2) is 8.27. The maximum absolute atomic E-state index is 13.4. The lowest BCUT2D eigenvalue weighted by Crippen LogP contribution is -2.14. The van der Waals surface area contributed by atoms with Crippen molar-refractivity contribution >= 4 is 22.8 Å². The minimum atomic E-state index is -0.347. The van der Waals surface area contributed by atoms with Crippen LogP contribution in [0.25, 0.3) is 22.2 Å². The van der Waals surface area contributed by atoms with Crippen LogP contribution in [-0.4, -0.2) is 35.4 Å². The van der Waals surface area contributed by atoms with E-state index in [2.05, 4.69) is 20.5 Å². The van der Waals surface area contributed by atoms with Gasteiger partial charge in [-0.1, -0.05) is 30.3 Å². The van der Waals surface area contributed by atoms with Gasteiger partial charge in [0.25, 0.3) is 5.91 Å². The summed E-state index contributed by atoms with van der Waals surface area (Å²) in [4.78, 5) is 22.1. The number of carbonyl (C=O) groups excluding carboxylic acids is 1. The molecular formula is C24H20FN7O. The molecule has 0 radical (unpaired) electrons. The summed E-state index contributed by atoms with van der Waals surface area (Å²) < 4.78 is 16.7. The molecule has 0 aliphatic heterocycles. The number of fused-ring (bicyclic) bond motifs is 1. The van der Waals surface area contributed by atoms with Crippen molar-refractivity contribution in [2.45, 2.75) is 13.5 Å². The predicted octanol–water partition coefficient (Wildman–Crippen LogP) is 3.97. The second-order valence-electron chi connectivity index (χ2n) is 7.72. The highest BCUT2D eigenvalue weighted by atomic mass is 19.1. The number of pyridine rings is 1. The second-order valence-corrected chi connectivity index (χ2v) is 7.72. The van der Waals surface area contributed by atoms with Crippen LogP contribution >= 0.6 is 0 Å². The molecule has 33 heavy (non-hydrogen) atoms. The molecular weight excluding hydrogens is 421 g/mol. The van der Waals surface area contributed by atoms with E-state index in [0.29, 0.717) is 23.3 Å². The van der Waals surface area contributed by atoms with Gasteiger partial charge in [0.1, 0.15) is 12.1 Å². The van der Waals surface area contributed by atoms with Crippen molar-refractivity contribution in [3.05, 3.63) is 89.8 Å². The highest BCUT2D eigenvalue weighted by Gasteiger charge is 2.17. The van der Waals surface area contributed by atoms with Crippen molar-refractivity contribution in [1.82, 2.24) is 29.5 Å². The number of halogens is 1. The molecule has 2 aromatic carbocycles. The van der Waals surface area contributed by atoms with Crippen LogP contribution in [0, 0.1) is 12.7 Å². The third-order valence-electron chi connectivity index (χ3n) is 5.25.